The van der Waals surface area contributed by atoms with Crippen LogP contribution in [-0.4, -0.2) is 38.7 Å². The minimum atomic E-state index is 0.225. The van der Waals surface area contributed by atoms with Crippen LogP contribution in [0.15, 0.2) is 53.5 Å². The monoisotopic (exact) mass is 325 g/mol. The summed E-state index contributed by atoms with van der Waals surface area (Å²) in [7, 11) is 5.37. The molecule has 2 aromatic rings. The number of benzene rings is 2. The third-order valence-electron chi connectivity index (χ3n) is 4.22. The lowest BCUT2D eigenvalue weighted by atomic mass is 10.1. The van der Waals surface area contributed by atoms with Crippen molar-refractivity contribution in [2.75, 3.05) is 27.8 Å². The Morgan fingerprint density at radius 1 is 1.04 bits per heavy atom. The molecule has 24 heavy (non-hydrogen) atoms. The molecule has 0 amide bonds. The fourth-order valence-electron chi connectivity index (χ4n) is 2.93. The fourth-order valence-corrected chi connectivity index (χ4v) is 2.93. The van der Waals surface area contributed by atoms with E-state index in [1.165, 1.54) is 5.56 Å². The first-order valence-electron chi connectivity index (χ1n) is 8.00. The quantitative estimate of drug-likeness (QED) is 0.918. The van der Waals surface area contributed by atoms with Gasteiger partial charge in [0.05, 0.1) is 38.9 Å². The zero-order valence-electron chi connectivity index (χ0n) is 14.3. The smallest absolute Gasteiger partial charge is 0.194 e. The SMILES string of the molecule is COc1cccc(OC)c1CN(C)C1=NCC(c2ccccc2)N1. The molecule has 3 rings (SSSR count). The molecule has 126 valence electrons. The highest BCUT2D eigenvalue weighted by atomic mass is 16.5. The molecule has 0 bridgehead atoms. The Hall–Kier alpha value is -2.69. The topological polar surface area (TPSA) is 46.1 Å². The van der Waals surface area contributed by atoms with Crippen molar-refractivity contribution in [3.63, 3.8) is 0 Å². The highest BCUT2D eigenvalue weighted by Gasteiger charge is 2.22. The van der Waals surface area contributed by atoms with E-state index in [9.17, 15) is 0 Å². The van der Waals surface area contributed by atoms with Crippen molar-refractivity contribution in [2.45, 2.75) is 12.6 Å². The number of aliphatic imine (C=N–C) groups is 1. The van der Waals surface area contributed by atoms with E-state index in [4.69, 9.17) is 9.47 Å². The largest absolute Gasteiger partial charge is 0.496 e. The van der Waals surface area contributed by atoms with E-state index >= 15 is 0 Å². The van der Waals surface area contributed by atoms with Crippen molar-refractivity contribution in [3.05, 3.63) is 59.7 Å². The van der Waals surface area contributed by atoms with Crippen LogP contribution in [0.3, 0.4) is 0 Å². The summed E-state index contributed by atoms with van der Waals surface area (Å²) in [6.07, 6.45) is 0. The maximum absolute atomic E-state index is 5.47. The molecule has 0 aromatic heterocycles. The van der Waals surface area contributed by atoms with E-state index in [-0.39, 0.29) is 6.04 Å². The zero-order valence-corrected chi connectivity index (χ0v) is 14.3. The highest BCUT2D eigenvalue weighted by Crippen LogP contribution is 2.29. The number of rotatable bonds is 5. The van der Waals surface area contributed by atoms with Crippen LogP contribution in [0.5, 0.6) is 11.5 Å². The molecule has 5 nitrogen and oxygen atoms in total. The third kappa shape index (κ3) is 3.30. The molecule has 1 unspecified atom stereocenters. The van der Waals surface area contributed by atoms with Gasteiger partial charge in [-0.15, -0.1) is 0 Å². The lowest BCUT2D eigenvalue weighted by molar-refractivity contribution is 0.369. The predicted molar refractivity (Wildman–Crippen MR) is 95.6 cm³/mol. The summed E-state index contributed by atoms with van der Waals surface area (Å²) >= 11 is 0. The second-order valence-corrected chi connectivity index (χ2v) is 5.77. The molecule has 0 spiro atoms. The fraction of sp³-hybridized carbons (Fsp3) is 0.316. The zero-order chi connectivity index (χ0) is 16.9. The van der Waals surface area contributed by atoms with Gasteiger partial charge >= 0.3 is 0 Å². The minimum Gasteiger partial charge on any atom is -0.496 e. The minimum absolute atomic E-state index is 0.225. The second kappa shape index (κ2) is 7.25. The first-order chi connectivity index (χ1) is 11.7. The molecule has 1 aliphatic rings. The van der Waals surface area contributed by atoms with Gasteiger partial charge in [-0.25, -0.2) is 0 Å². The standard InChI is InChI=1S/C19H23N3O2/c1-22(13-15-17(23-2)10-7-11-18(15)24-3)19-20-12-16(21-19)14-8-5-4-6-9-14/h4-11,16H,12-13H2,1-3H3,(H,20,21). The lowest BCUT2D eigenvalue weighted by Crippen LogP contribution is -2.36. The van der Waals surface area contributed by atoms with E-state index in [1.54, 1.807) is 14.2 Å². The van der Waals surface area contributed by atoms with Crippen molar-refractivity contribution >= 4 is 5.96 Å². The molecule has 1 aliphatic heterocycles. The molecular formula is C19H23N3O2. The van der Waals surface area contributed by atoms with Crippen LogP contribution in [0.2, 0.25) is 0 Å². The van der Waals surface area contributed by atoms with E-state index in [1.807, 2.05) is 31.3 Å². The summed E-state index contributed by atoms with van der Waals surface area (Å²) in [6.45, 7) is 1.40. The van der Waals surface area contributed by atoms with Crippen molar-refractivity contribution in [1.82, 2.24) is 10.2 Å². The van der Waals surface area contributed by atoms with Crippen molar-refractivity contribution < 1.29 is 9.47 Å². The number of guanidine groups is 1. The maximum atomic E-state index is 5.47. The van der Waals surface area contributed by atoms with E-state index in [0.29, 0.717) is 6.54 Å². The number of hydrogen-bond acceptors (Lipinski definition) is 5. The van der Waals surface area contributed by atoms with Gasteiger partial charge in [0, 0.05) is 7.05 Å². The van der Waals surface area contributed by atoms with Gasteiger partial charge in [0.15, 0.2) is 5.96 Å². The summed E-state index contributed by atoms with van der Waals surface area (Å²) < 4.78 is 10.9. The number of methoxy groups -OCH3 is 2. The molecule has 0 aliphatic carbocycles. The average molecular weight is 325 g/mol. The van der Waals surface area contributed by atoms with Crippen molar-refractivity contribution in [1.29, 1.82) is 0 Å². The van der Waals surface area contributed by atoms with E-state index < -0.39 is 0 Å². The molecule has 5 heteroatoms. The van der Waals surface area contributed by atoms with Gasteiger partial charge < -0.3 is 19.7 Å². The van der Waals surface area contributed by atoms with Crippen LogP contribution < -0.4 is 14.8 Å². The Kier molecular flexibility index (Phi) is 4.89. The molecule has 0 saturated heterocycles. The van der Waals surface area contributed by atoms with Gasteiger partial charge in [-0.1, -0.05) is 36.4 Å². The van der Waals surface area contributed by atoms with Crippen LogP contribution in [-0.2, 0) is 6.54 Å². The molecular weight excluding hydrogens is 302 g/mol. The van der Waals surface area contributed by atoms with Crippen LogP contribution in [0.4, 0.5) is 0 Å². The summed E-state index contributed by atoms with van der Waals surface area (Å²) in [6, 6.07) is 16.4. The summed E-state index contributed by atoms with van der Waals surface area (Å²) in [5.74, 6) is 2.52. The van der Waals surface area contributed by atoms with Crippen LogP contribution >= 0.6 is 0 Å². The second-order valence-electron chi connectivity index (χ2n) is 5.77. The molecule has 1 atom stereocenters. The third-order valence-corrected chi connectivity index (χ3v) is 4.22. The molecule has 1 N–H and O–H groups in total. The van der Waals surface area contributed by atoms with Crippen LogP contribution in [0.1, 0.15) is 17.2 Å². The predicted octanol–water partition coefficient (Wildman–Crippen LogP) is 2.84. The Labute approximate surface area is 142 Å². The number of hydrogen-bond donors (Lipinski definition) is 1. The van der Waals surface area contributed by atoms with Crippen LogP contribution in [0.25, 0.3) is 0 Å². The number of nitrogens with one attached hydrogen (secondary N) is 1. The number of ether oxygens (including phenoxy) is 2. The van der Waals surface area contributed by atoms with Gasteiger partial charge in [-0.2, -0.15) is 0 Å². The molecule has 2 aromatic carbocycles. The van der Waals surface area contributed by atoms with Gasteiger partial charge in [-0.05, 0) is 17.7 Å². The maximum Gasteiger partial charge on any atom is 0.194 e. The van der Waals surface area contributed by atoms with Gasteiger partial charge in [0.1, 0.15) is 11.5 Å². The molecule has 0 saturated carbocycles. The highest BCUT2D eigenvalue weighted by molar-refractivity contribution is 5.82. The van der Waals surface area contributed by atoms with Gasteiger partial charge in [0.2, 0.25) is 0 Å². The average Bonchev–Trinajstić information content (AvgIpc) is 3.13. The first kappa shape index (κ1) is 16.2. The Bertz CT molecular complexity index is 694. The number of nitrogens with zero attached hydrogens (tertiary/aromatic N) is 2. The Morgan fingerprint density at radius 3 is 2.33 bits per heavy atom. The van der Waals surface area contributed by atoms with Gasteiger partial charge in [0.25, 0.3) is 0 Å². The first-order valence-corrected chi connectivity index (χ1v) is 8.00. The summed E-state index contributed by atoms with van der Waals surface area (Å²) in [5, 5.41) is 3.50. The van der Waals surface area contributed by atoms with E-state index in [0.717, 1.165) is 29.6 Å². The summed E-state index contributed by atoms with van der Waals surface area (Å²) in [5.41, 5.74) is 2.26. The normalized spacial score (nSPS) is 16.3. The Morgan fingerprint density at radius 2 is 1.71 bits per heavy atom. The van der Waals surface area contributed by atoms with Crippen LogP contribution in [0, 0.1) is 0 Å². The van der Waals surface area contributed by atoms with Crippen molar-refractivity contribution in [3.8, 4) is 11.5 Å². The lowest BCUT2D eigenvalue weighted by Gasteiger charge is -2.23. The van der Waals surface area contributed by atoms with Crippen molar-refractivity contribution in [2.24, 2.45) is 4.99 Å². The molecule has 0 radical (unpaired) electrons. The molecule has 1 heterocycles. The van der Waals surface area contributed by atoms with Gasteiger partial charge in [-0.3, -0.25) is 4.99 Å². The Balaban J connectivity index is 1.72. The summed E-state index contributed by atoms with van der Waals surface area (Å²) in [4.78, 5) is 6.74. The van der Waals surface area contributed by atoms with E-state index in [2.05, 4.69) is 39.5 Å². The molecule has 0 fully saturated rings.